The highest BCUT2D eigenvalue weighted by Gasteiger charge is 2.23. The zero-order chi connectivity index (χ0) is 54.2. The molecular weight excluding hydrogens is 936 g/mol. The number of allylic oxidation sites excluding steroid dienone is 21. The Bertz CT molecular complexity index is 1660. The SMILES string of the molecule is CC/C=C\C/C=C\C/C=C\C/C=C\C/C=C\C/C=C\C/C=C\C/C=C\C/C=C\C/C=C\CCCCC(=O)NC(COP(=O)([O-])OCC[N+](C)(C)C)C(O)/C=C/CCCCCCCCCCCCCCCCCCC. The minimum atomic E-state index is -4.62. The molecular formula is C65H111N2O6P. The second-order valence-electron chi connectivity index (χ2n) is 20.6. The van der Waals surface area contributed by atoms with Crippen molar-refractivity contribution in [2.75, 3.05) is 40.9 Å². The van der Waals surface area contributed by atoms with E-state index in [1.165, 1.54) is 96.3 Å². The fourth-order valence-corrected chi connectivity index (χ4v) is 8.49. The summed E-state index contributed by atoms with van der Waals surface area (Å²) in [7, 11) is 1.21. The number of aliphatic hydroxyl groups excluding tert-OH is 1. The van der Waals surface area contributed by atoms with E-state index in [4.69, 9.17) is 9.05 Å². The van der Waals surface area contributed by atoms with E-state index < -0.39 is 26.6 Å². The van der Waals surface area contributed by atoms with E-state index >= 15 is 0 Å². The maximum Gasteiger partial charge on any atom is 0.268 e. The lowest BCUT2D eigenvalue weighted by atomic mass is 10.0. The molecule has 8 nitrogen and oxygen atoms in total. The van der Waals surface area contributed by atoms with Crippen molar-refractivity contribution >= 4 is 13.7 Å². The number of hydrogen-bond acceptors (Lipinski definition) is 6. The van der Waals surface area contributed by atoms with Gasteiger partial charge in [-0.3, -0.25) is 9.36 Å². The van der Waals surface area contributed by atoms with Crippen molar-refractivity contribution in [3.05, 3.63) is 134 Å². The summed E-state index contributed by atoms with van der Waals surface area (Å²) in [6.07, 6.45) is 82.4. The van der Waals surface area contributed by atoms with Gasteiger partial charge in [-0.1, -0.05) is 250 Å². The van der Waals surface area contributed by atoms with Crippen LogP contribution in [0.2, 0.25) is 0 Å². The van der Waals surface area contributed by atoms with Gasteiger partial charge in [0.25, 0.3) is 7.82 Å². The Morgan fingerprint density at radius 1 is 0.486 bits per heavy atom. The zero-order valence-electron chi connectivity index (χ0n) is 48.0. The number of carbonyl (C=O) groups is 1. The average Bonchev–Trinajstić information content (AvgIpc) is 3.36. The van der Waals surface area contributed by atoms with Gasteiger partial charge in [0.2, 0.25) is 5.91 Å². The number of nitrogens with zero attached hydrogens (tertiary/aromatic N) is 1. The van der Waals surface area contributed by atoms with Gasteiger partial charge in [0, 0.05) is 6.42 Å². The van der Waals surface area contributed by atoms with Crippen LogP contribution in [0.1, 0.15) is 219 Å². The van der Waals surface area contributed by atoms with E-state index in [0.717, 1.165) is 96.3 Å². The highest BCUT2D eigenvalue weighted by Crippen LogP contribution is 2.38. The molecule has 0 aliphatic heterocycles. The van der Waals surface area contributed by atoms with Gasteiger partial charge >= 0.3 is 0 Å². The molecule has 9 heteroatoms. The van der Waals surface area contributed by atoms with Gasteiger partial charge in [0.05, 0.1) is 39.9 Å². The molecule has 3 atom stereocenters. The Labute approximate surface area is 456 Å². The molecule has 1 amide bonds. The average molecular weight is 1050 g/mol. The van der Waals surface area contributed by atoms with E-state index in [1.807, 2.05) is 27.2 Å². The van der Waals surface area contributed by atoms with Crippen LogP contribution >= 0.6 is 7.82 Å². The van der Waals surface area contributed by atoms with Crippen LogP contribution in [0.5, 0.6) is 0 Å². The standard InChI is InChI=1S/C65H111N2O6P/c1-6-8-10-12-14-16-18-20-22-24-26-27-28-29-30-31-32-33-34-35-36-37-38-39-41-43-45-47-49-51-53-55-57-59-65(69)66-63(62-73-74(70,71)72-61-60-67(3,4)5)64(68)58-56-54-52-50-48-46-44-42-40-25-23-21-19-17-15-13-11-9-7-2/h8,10,14,16,20,22,26-27,29-30,32-33,35-36,38-39,43,45,49,51,56,58,63-64,68H,6-7,9,11-13,15,17-19,21,23-25,28,31,34,37,40-42,44,46-48,50,52-55,57,59-62H2,1-5H3,(H-,66,69,70,71)/b10-8-,16-14-,22-20-,27-26-,30-29-,33-32-,36-35-,39-38-,45-43-,51-49-,58-56+. The fraction of sp³-hybridized carbons (Fsp3) is 0.646. The van der Waals surface area contributed by atoms with Crippen LogP contribution in [0.3, 0.4) is 0 Å². The summed E-state index contributed by atoms with van der Waals surface area (Å²) in [5.74, 6) is -0.244. The highest BCUT2D eigenvalue weighted by atomic mass is 31.2. The number of unbranched alkanes of at least 4 members (excludes halogenated alkanes) is 19. The van der Waals surface area contributed by atoms with Crippen molar-refractivity contribution in [1.29, 1.82) is 0 Å². The molecule has 2 N–H and O–H groups in total. The lowest BCUT2D eigenvalue weighted by Gasteiger charge is -2.29. The minimum Gasteiger partial charge on any atom is -0.756 e. The third kappa shape index (κ3) is 56.4. The van der Waals surface area contributed by atoms with Gasteiger partial charge in [0.15, 0.2) is 0 Å². The monoisotopic (exact) mass is 1050 g/mol. The van der Waals surface area contributed by atoms with Crippen molar-refractivity contribution in [3.8, 4) is 0 Å². The molecule has 3 unspecified atom stereocenters. The van der Waals surface area contributed by atoms with Crippen LogP contribution in [0.15, 0.2) is 134 Å². The molecule has 0 heterocycles. The molecule has 0 bridgehead atoms. The van der Waals surface area contributed by atoms with E-state index in [1.54, 1.807) is 6.08 Å². The fourth-order valence-electron chi connectivity index (χ4n) is 7.77. The Kier molecular flexibility index (Phi) is 52.0. The first-order valence-electron chi connectivity index (χ1n) is 29.5. The normalized spacial score (nSPS) is 14.9. The van der Waals surface area contributed by atoms with Crippen LogP contribution in [-0.2, 0) is 18.4 Å². The summed E-state index contributed by atoms with van der Waals surface area (Å²) >= 11 is 0. The van der Waals surface area contributed by atoms with Crippen molar-refractivity contribution in [2.24, 2.45) is 0 Å². The lowest BCUT2D eigenvalue weighted by molar-refractivity contribution is -0.870. The molecule has 0 spiro atoms. The van der Waals surface area contributed by atoms with Crippen LogP contribution in [0.4, 0.5) is 0 Å². The maximum atomic E-state index is 13.0. The molecule has 422 valence electrons. The number of rotatable bonds is 52. The first-order chi connectivity index (χ1) is 36.0. The van der Waals surface area contributed by atoms with Gasteiger partial charge in [-0.2, -0.15) is 0 Å². The smallest absolute Gasteiger partial charge is 0.268 e. The van der Waals surface area contributed by atoms with E-state index in [-0.39, 0.29) is 18.9 Å². The van der Waals surface area contributed by atoms with Crippen molar-refractivity contribution in [2.45, 2.75) is 231 Å². The molecule has 0 aromatic carbocycles. The van der Waals surface area contributed by atoms with Crippen LogP contribution in [-0.4, -0.2) is 68.5 Å². The second-order valence-corrected chi connectivity index (χ2v) is 22.0. The van der Waals surface area contributed by atoms with Gasteiger partial charge in [-0.25, -0.2) is 0 Å². The number of nitrogens with one attached hydrogen (secondary N) is 1. The summed E-state index contributed by atoms with van der Waals surface area (Å²) in [5.41, 5.74) is 0. The molecule has 0 aliphatic rings. The minimum absolute atomic E-state index is 0.0169. The quantitative estimate of drug-likeness (QED) is 0.0272. The summed E-state index contributed by atoms with van der Waals surface area (Å²) < 4.78 is 23.3. The molecule has 0 rings (SSSR count). The molecule has 0 aromatic heterocycles. The number of likely N-dealkylation sites (N-methyl/N-ethyl adjacent to an activating group) is 1. The molecule has 0 aliphatic carbocycles. The van der Waals surface area contributed by atoms with E-state index in [2.05, 4.69) is 141 Å². The highest BCUT2D eigenvalue weighted by molar-refractivity contribution is 7.45. The van der Waals surface area contributed by atoms with E-state index in [9.17, 15) is 19.4 Å². The van der Waals surface area contributed by atoms with Gasteiger partial charge in [-0.05, 0) is 96.3 Å². The van der Waals surface area contributed by atoms with Crippen LogP contribution in [0, 0.1) is 0 Å². The maximum absolute atomic E-state index is 13.0. The Hall–Kier alpha value is -3.36. The van der Waals surface area contributed by atoms with E-state index in [0.29, 0.717) is 17.4 Å². The van der Waals surface area contributed by atoms with Crippen molar-refractivity contribution < 1.29 is 32.9 Å². The summed E-state index contributed by atoms with van der Waals surface area (Å²) in [4.78, 5) is 25.5. The van der Waals surface area contributed by atoms with Gasteiger partial charge in [0.1, 0.15) is 13.2 Å². The number of aliphatic hydroxyl groups is 1. The topological polar surface area (TPSA) is 108 Å². The van der Waals surface area contributed by atoms with Crippen molar-refractivity contribution in [3.63, 3.8) is 0 Å². The summed E-state index contributed by atoms with van der Waals surface area (Å²) in [6.45, 7) is 4.49. The predicted molar refractivity (Wildman–Crippen MR) is 320 cm³/mol. The molecule has 0 saturated carbocycles. The Morgan fingerprint density at radius 3 is 1.20 bits per heavy atom. The lowest BCUT2D eigenvalue weighted by Crippen LogP contribution is -2.45. The van der Waals surface area contributed by atoms with Crippen molar-refractivity contribution in [1.82, 2.24) is 5.32 Å². The number of amides is 1. The number of hydrogen-bond donors (Lipinski definition) is 2. The molecule has 0 radical (unpaired) electrons. The molecule has 0 fully saturated rings. The number of carbonyl (C=O) groups excluding carboxylic acids is 1. The number of quaternary nitrogens is 1. The summed E-state index contributed by atoms with van der Waals surface area (Å²) in [6, 6.07) is -0.921. The Balaban J connectivity index is 4.34. The zero-order valence-corrected chi connectivity index (χ0v) is 48.9. The molecule has 74 heavy (non-hydrogen) atoms. The van der Waals surface area contributed by atoms with Gasteiger partial charge in [-0.15, -0.1) is 0 Å². The first-order valence-corrected chi connectivity index (χ1v) is 31.0. The second kappa shape index (κ2) is 54.4. The van der Waals surface area contributed by atoms with Gasteiger partial charge < -0.3 is 28.8 Å². The third-order valence-electron chi connectivity index (χ3n) is 12.4. The predicted octanol–water partition coefficient (Wildman–Crippen LogP) is 17.7. The molecule has 0 aromatic rings. The largest absolute Gasteiger partial charge is 0.756 e. The Morgan fingerprint density at radius 2 is 0.824 bits per heavy atom. The van der Waals surface area contributed by atoms with Crippen LogP contribution in [0.25, 0.3) is 0 Å². The summed E-state index contributed by atoms with van der Waals surface area (Å²) in [5, 5.41) is 13.9. The molecule has 0 saturated heterocycles. The van der Waals surface area contributed by atoms with Crippen LogP contribution < -0.4 is 10.2 Å². The third-order valence-corrected chi connectivity index (χ3v) is 13.3. The number of phosphoric ester groups is 1. The number of phosphoric acid groups is 1. The first kappa shape index (κ1) is 70.6.